The number of methoxy groups -OCH3 is 1. The number of fused-ring (bicyclic) bond motifs is 1. The fraction of sp³-hybridized carbons (Fsp3) is 0.364. The Labute approximate surface area is 170 Å². The predicted molar refractivity (Wildman–Crippen MR) is 115 cm³/mol. The maximum Gasteiger partial charge on any atom is 0.257 e. The highest BCUT2D eigenvalue weighted by Gasteiger charge is 2.23. The van der Waals surface area contributed by atoms with Gasteiger partial charge in [0.1, 0.15) is 5.82 Å². The number of hydrogen-bond donors (Lipinski definition) is 2. The number of pyridine rings is 1. The van der Waals surface area contributed by atoms with Crippen LogP contribution in [0.15, 0.2) is 42.6 Å². The number of H-pyrrole nitrogens is 1. The van der Waals surface area contributed by atoms with Crippen molar-refractivity contribution in [3.8, 4) is 11.3 Å². The largest absolute Gasteiger partial charge is 0.383 e. The molecule has 2 N–H and O–H groups in total. The topological polar surface area (TPSA) is 73.5 Å². The van der Waals surface area contributed by atoms with Crippen molar-refractivity contribution in [2.75, 3.05) is 58.8 Å². The van der Waals surface area contributed by atoms with Crippen molar-refractivity contribution in [3.05, 3.63) is 48.2 Å². The fourth-order valence-electron chi connectivity index (χ4n) is 3.59. The van der Waals surface area contributed by atoms with Crippen LogP contribution in [-0.2, 0) is 4.74 Å². The second-order valence-corrected chi connectivity index (χ2v) is 7.39. The molecular formula is C22H27N5O2. The number of rotatable bonds is 6. The molecular weight excluding hydrogens is 366 g/mol. The van der Waals surface area contributed by atoms with Crippen LogP contribution in [0.3, 0.4) is 0 Å². The number of nitrogens with zero attached hydrogens (tertiary/aromatic N) is 3. The van der Waals surface area contributed by atoms with Gasteiger partial charge in [0, 0.05) is 62.5 Å². The summed E-state index contributed by atoms with van der Waals surface area (Å²) >= 11 is 0. The Morgan fingerprint density at radius 3 is 2.79 bits per heavy atom. The van der Waals surface area contributed by atoms with Gasteiger partial charge in [-0.2, -0.15) is 0 Å². The Morgan fingerprint density at radius 1 is 1.17 bits per heavy atom. The van der Waals surface area contributed by atoms with Gasteiger partial charge in [0.2, 0.25) is 0 Å². The molecule has 1 saturated heterocycles. The number of piperazine rings is 1. The number of aromatic nitrogens is 2. The summed E-state index contributed by atoms with van der Waals surface area (Å²) in [6.07, 6.45) is 1.93. The molecule has 1 aromatic carbocycles. The van der Waals surface area contributed by atoms with Crippen LogP contribution in [0.5, 0.6) is 0 Å². The SMILES string of the molecule is COCCNc1nc(-c2ccc3[nH]ccc3c2)ccc1C(=O)N1CCN(C)CC1. The Hall–Kier alpha value is -2.90. The molecule has 1 fully saturated rings. The molecule has 0 radical (unpaired) electrons. The molecule has 29 heavy (non-hydrogen) atoms. The minimum atomic E-state index is 0.0261. The Bertz CT molecular complexity index is 992. The highest BCUT2D eigenvalue weighted by atomic mass is 16.5. The number of ether oxygens (including phenoxy) is 1. The average Bonchev–Trinajstić information content (AvgIpc) is 3.22. The van der Waals surface area contributed by atoms with E-state index in [1.54, 1.807) is 7.11 Å². The highest BCUT2D eigenvalue weighted by Crippen LogP contribution is 2.26. The molecule has 3 aromatic rings. The molecule has 152 valence electrons. The smallest absolute Gasteiger partial charge is 0.257 e. The van der Waals surface area contributed by atoms with Crippen LogP contribution < -0.4 is 5.32 Å². The monoisotopic (exact) mass is 393 g/mol. The van der Waals surface area contributed by atoms with Crippen molar-refractivity contribution in [1.82, 2.24) is 19.8 Å². The normalized spacial score (nSPS) is 15.0. The Kier molecular flexibility index (Phi) is 5.78. The average molecular weight is 393 g/mol. The van der Waals surface area contributed by atoms with Gasteiger partial charge < -0.3 is 24.8 Å². The Morgan fingerprint density at radius 2 is 2.00 bits per heavy atom. The van der Waals surface area contributed by atoms with Crippen molar-refractivity contribution in [1.29, 1.82) is 0 Å². The first-order valence-electron chi connectivity index (χ1n) is 9.95. The van der Waals surface area contributed by atoms with Crippen LogP contribution in [0.2, 0.25) is 0 Å². The molecule has 0 spiro atoms. The van der Waals surface area contributed by atoms with E-state index >= 15 is 0 Å². The van der Waals surface area contributed by atoms with E-state index < -0.39 is 0 Å². The zero-order valence-corrected chi connectivity index (χ0v) is 16.9. The molecule has 0 saturated carbocycles. The number of carbonyl (C=O) groups excluding carboxylic acids is 1. The summed E-state index contributed by atoms with van der Waals surface area (Å²) in [6, 6.07) is 12.1. The number of likely N-dealkylation sites (N-methyl/N-ethyl adjacent to an activating group) is 1. The number of amides is 1. The summed E-state index contributed by atoms with van der Waals surface area (Å²) in [7, 11) is 3.74. The zero-order chi connectivity index (χ0) is 20.2. The minimum Gasteiger partial charge on any atom is -0.383 e. The first kappa shape index (κ1) is 19.4. The molecule has 4 rings (SSSR count). The van der Waals surface area contributed by atoms with Crippen LogP contribution in [0, 0.1) is 0 Å². The molecule has 7 heteroatoms. The number of hydrogen-bond acceptors (Lipinski definition) is 5. The van der Waals surface area contributed by atoms with E-state index in [0.717, 1.165) is 48.3 Å². The van der Waals surface area contributed by atoms with E-state index in [9.17, 15) is 4.79 Å². The van der Waals surface area contributed by atoms with Crippen LogP contribution in [-0.4, -0.2) is 79.2 Å². The summed E-state index contributed by atoms with van der Waals surface area (Å²) in [6.45, 7) is 4.38. The third-order valence-electron chi connectivity index (χ3n) is 5.36. The molecule has 0 atom stereocenters. The third kappa shape index (κ3) is 4.26. The van der Waals surface area contributed by atoms with E-state index in [1.807, 2.05) is 41.4 Å². The number of anilines is 1. The molecule has 0 unspecified atom stereocenters. The molecule has 3 heterocycles. The van der Waals surface area contributed by atoms with E-state index in [1.165, 1.54) is 0 Å². The molecule has 1 aliphatic heterocycles. The van der Waals surface area contributed by atoms with Crippen molar-refractivity contribution in [2.45, 2.75) is 0 Å². The van der Waals surface area contributed by atoms with Gasteiger partial charge in [-0.15, -0.1) is 0 Å². The van der Waals surface area contributed by atoms with Gasteiger partial charge in [-0.25, -0.2) is 4.98 Å². The summed E-state index contributed by atoms with van der Waals surface area (Å²) in [5.41, 5.74) is 3.56. The summed E-state index contributed by atoms with van der Waals surface area (Å²) in [4.78, 5) is 25.3. The molecule has 7 nitrogen and oxygen atoms in total. The van der Waals surface area contributed by atoms with Crippen molar-refractivity contribution in [3.63, 3.8) is 0 Å². The van der Waals surface area contributed by atoms with Gasteiger partial charge in [-0.05, 0) is 37.4 Å². The zero-order valence-electron chi connectivity index (χ0n) is 16.9. The summed E-state index contributed by atoms with van der Waals surface area (Å²) in [5, 5.41) is 4.42. The quantitative estimate of drug-likeness (QED) is 0.630. The van der Waals surface area contributed by atoms with Gasteiger partial charge in [-0.3, -0.25) is 4.79 Å². The van der Waals surface area contributed by atoms with E-state index in [-0.39, 0.29) is 5.91 Å². The van der Waals surface area contributed by atoms with Gasteiger partial charge in [0.15, 0.2) is 0 Å². The first-order chi connectivity index (χ1) is 14.2. The van der Waals surface area contributed by atoms with Crippen molar-refractivity contribution < 1.29 is 9.53 Å². The number of benzene rings is 1. The second-order valence-electron chi connectivity index (χ2n) is 7.39. The predicted octanol–water partition coefficient (Wildman–Crippen LogP) is 2.68. The molecule has 1 amide bonds. The third-order valence-corrected chi connectivity index (χ3v) is 5.36. The summed E-state index contributed by atoms with van der Waals surface area (Å²) < 4.78 is 5.15. The van der Waals surface area contributed by atoms with Crippen LogP contribution in [0.1, 0.15) is 10.4 Å². The van der Waals surface area contributed by atoms with Gasteiger partial charge in [-0.1, -0.05) is 6.07 Å². The van der Waals surface area contributed by atoms with Crippen LogP contribution in [0.25, 0.3) is 22.2 Å². The number of carbonyl (C=O) groups is 1. The molecule has 0 aliphatic carbocycles. The van der Waals surface area contributed by atoms with E-state index in [2.05, 4.69) is 28.3 Å². The molecule has 2 aromatic heterocycles. The van der Waals surface area contributed by atoms with Gasteiger partial charge in [0.25, 0.3) is 5.91 Å². The standard InChI is InChI=1S/C22H27N5O2/c1-26-10-12-27(13-11-26)22(28)18-4-6-20(25-21(18)24-9-14-29-2)16-3-5-19-17(15-16)7-8-23-19/h3-8,15,23H,9-14H2,1-2H3,(H,24,25). The summed E-state index contributed by atoms with van der Waals surface area (Å²) in [5.74, 6) is 0.635. The van der Waals surface area contributed by atoms with Crippen molar-refractivity contribution in [2.24, 2.45) is 0 Å². The lowest BCUT2D eigenvalue weighted by molar-refractivity contribution is 0.0664. The second kappa shape index (κ2) is 8.63. The number of nitrogens with one attached hydrogen (secondary N) is 2. The lowest BCUT2D eigenvalue weighted by Crippen LogP contribution is -2.47. The van der Waals surface area contributed by atoms with Crippen molar-refractivity contribution >= 4 is 22.6 Å². The maximum atomic E-state index is 13.1. The van der Waals surface area contributed by atoms with E-state index in [4.69, 9.17) is 9.72 Å². The molecule has 0 bridgehead atoms. The van der Waals surface area contributed by atoms with Gasteiger partial charge >= 0.3 is 0 Å². The molecule has 1 aliphatic rings. The highest BCUT2D eigenvalue weighted by molar-refractivity contribution is 5.99. The maximum absolute atomic E-state index is 13.1. The van der Waals surface area contributed by atoms with Crippen LogP contribution >= 0.6 is 0 Å². The Balaban J connectivity index is 1.64. The first-order valence-corrected chi connectivity index (χ1v) is 9.95. The fourth-order valence-corrected chi connectivity index (χ4v) is 3.59. The lowest BCUT2D eigenvalue weighted by Gasteiger charge is -2.32. The lowest BCUT2D eigenvalue weighted by atomic mass is 10.1. The van der Waals surface area contributed by atoms with Gasteiger partial charge in [0.05, 0.1) is 17.9 Å². The van der Waals surface area contributed by atoms with E-state index in [0.29, 0.717) is 24.5 Å². The van der Waals surface area contributed by atoms with Crippen LogP contribution in [0.4, 0.5) is 5.82 Å². The number of aromatic amines is 1. The minimum absolute atomic E-state index is 0.0261.